The standard InChI is InChI=1S/C23H19ClN2O4S/c1-2-11-30-17-5-3-4-15(13-17)19-18(20(27)14-6-8-16(24)9-7-14)21(28)22(29)26(19)23-25-10-12-31-23/h3-10,12-13,19,27H,2,11H2,1H3/b20-18+. The molecule has 1 atom stereocenters. The SMILES string of the molecule is CCCOc1cccc(C2/C(=C(\O)c3ccc(Cl)cc3)C(=O)C(=O)N2c2nccs2)c1. The van der Waals surface area contributed by atoms with E-state index in [1.54, 1.807) is 54.0 Å². The van der Waals surface area contributed by atoms with Gasteiger partial charge in [0.15, 0.2) is 5.13 Å². The molecule has 0 bridgehead atoms. The first-order valence-corrected chi connectivity index (χ1v) is 11.0. The molecule has 1 N–H and O–H groups in total. The summed E-state index contributed by atoms with van der Waals surface area (Å²) in [5.41, 5.74) is 1.03. The van der Waals surface area contributed by atoms with Crippen LogP contribution in [0.4, 0.5) is 5.13 Å². The van der Waals surface area contributed by atoms with E-state index in [1.807, 2.05) is 13.0 Å². The van der Waals surface area contributed by atoms with Crippen LogP contribution in [0.25, 0.3) is 5.76 Å². The Balaban J connectivity index is 1.88. The maximum Gasteiger partial charge on any atom is 0.301 e. The van der Waals surface area contributed by atoms with Gasteiger partial charge in [-0.3, -0.25) is 14.5 Å². The van der Waals surface area contributed by atoms with Crippen molar-refractivity contribution in [1.82, 2.24) is 4.98 Å². The van der Waals surface area contributed by atoms with Crippen LogP contribution in [0.5, 0.6) is 5.75 Å². The minimum Gasteiger partial charge on any atom is -0.507 e. The van der Waals surface area contributed by atoms with Gasteiger partial charge in [-0.2, -0.15) is 0 Å². The van der Waals surface area contributed by atoms with Crippen molar-refractivity contribution in [2.45, 2.75) is 19.4 Å². The molecule has 0 radical (unpaired) electrons. The Kier molecular flexibility index (Phi) is 6.06. The number of thiazole rings is 1. The summed E-state index contributed by atoms with van der Waals surface area (Å²) < 4.78 is 5.73. The van der Waals surface area contributed by atoms with E-state index in [0.29, 0.717) is 33.6 Å². The lowest BCUT2D eigenvalue weighted by Gasteiger charge is -2.23. The second-order valence-corrected chi connectivity index (χ2v) is 8.22. The van der Waals surface area contributed by atoms with Gasteiger partial charge < -0.3 is 9.84 Å². The summed E-state index contributed by atoms with van der Waals surface area (Å²) in [5, 5.41) is 13.6. The lowest BCUT2D eigenvalue weighted by molar-refractivity contribution is -0.132. The molecule has 1 saturated heterocycles. The zero-order valence-electron chi connectivity index (χ0n) is 16.6. The van der Waals surface area contributed by atoms with E-state index in [0.717, 1.165) is 6.42 Å². The minimum absolute atomic E-state index is 0.00448. The van der Waals surface area contributed by atoms with Gasteiger partial charge in [-0.05, 0) is 48.4 Å². The van der Waals surface area contributed by atoms with Crippen LogP contribution in [0.15, 0.2) is 65.7 Å². The summed E-state index contributed by atoms with van der Waals surface area (Å²) in [6, 6.07) is 12.8. The zero-order valence-corrected chi connectivity index (χ0v) is 18.2. The number of Topliss-reactive ketones (excluding diaryl/α,β-unsaturated/α-hetero) is 1. The molecule has 0 spiro atoms. The Morgan fingerprint density at radius 1 is 1.23 bits per heavy atom. The molecule has 1 aliphatic heterocycles. The highest BCUT2D eigenvalue weighted by atomic mass is 35.5. The van der Waals surface area contributed by atoms with E-state index in [9.17, 15) is 14.7 Å². The van der Waals surface area contributed by atoms with E-state index >= 15 is 0 Å². The average Bonchev–Trinajstić information content (AvgIpc) is 3.39. The van der Waals surface area contributed by atoms with Gasteiger partial charge in [-0.15, -0.1) is 11.3 Å². The van der Waals surface area contributed by atoms with E-state index in [4.69, 9.17) is 16.3 Å². The molecular formula is C23H19ClN2O4S. The van der Waals surface area contributed by atoms with Crippen LogP contribution in [0.1, 0.15) is 30.5 Å². The third-order valence-corrected chi connectivity index (χ3v) is 5.86. The lowest BCUT2D eigenvalue weighted by Crippen LogP contribution is -2.29. The number of carbonyl (C=O) groups excluding carboxylic acids is 2. The smallest absolute Gasteiger partial charge is 0.301 e. The quantitative estimate of drug-likeness (QED) is 0.314. The van der Waals surface area contributed by atoms with Crippen LogP contribution in [0.2, 0.25) is 5.02 Å². The number of amides is 1. The first kappa shape index (κ1) is 21.1. The van der Waals surface area contributed by atoms with E-state index < -0.39 is 17.7 Å². The third-order valence-electron chi connectivity index (χ3n) is 4.83. The Hall–Kier alpha value is -3.16. The summed E-state index contributed by atoms with van der Waals surface area (Å²) in [6.07, 6.45) is 2.41. The Morgan fingerprint density at radius 2 is 2.00 bits per heavy atom. The summed E-state index contributed by atoms with van der Waals surface area (Å²) in [4.78, 5) is 31.6. The first-order chi connectivity index (χ1) is 15.0. The first-order valence-electron chi connectivity index (χ1n) is 9.70. The molecule has 1 fully saturated rings. The molecule has 2 heterocycles. The number of hydrogen-bond donors (Lipinski definition) is 1. The van der Waals surface area contributed by atoms with Gasteiger partial charge in [0.2, 0.25) is 0 Å². The molecule has 8 heteroatoms. The van der Waals surface area contributed by atoms with Gasteiger partial charge in [0, 0.05) is 22.2 Å². The fourth-order valence-corrected chi connectivity index (χ4v) is 4.23. The number of hydrogen-bond acceptors (Lipinski definition) is 6. The van der Waals surface area contributed by atoms with Crippen LogP contribution in [-0.2, 0) is 9.59 Å². The summed E-state index contributed by atoms with van der Waals surface area (Å²) in [6.45, 7) is 2.55. The van der Waals surface area contributed by atoms with Crippen molar-refractivity contribution >= 4 is 45.5 Å². The Morgan fingerprint density at radius 3 is 2.68 bits per heavy atom. The van der Waals surface area contributed by atoms with Crippen molar-refractivity contribution in [3.8, 4) is 5.75 Å². The minimum atomic E-state index is -0.841. The van der Waals surface area contributed by atoms with Crippen molar-refractivity contribution in [3.05, 3.63) is 81.8 Å². The third kappa shape index (κ3) is 4.06. The highest BCUT2D eigenvalue weighted by Gasteiger charge is 2.48. The van der Waals surface area contributed by atoms with Gasteiger partial charge in [-0.1, -0.05) is 30.7 Å². The van der Waals surface area contributed by atoms with Crippen molar-refractivity contribution in [2.24, 2.45) is 0 Å². The molecule has 1 aromatic heterocycles. The summed E-state index contributed by atoms with van der Waals surface area (Å²) in [5.74, 6) is -1.16. The van der Waals surface area contributed by atoms with Crippen molar-refractivity contribution in [3.63, 3.8) is 0 Å². The number of anilines is 1. The van der Waals surface area contributed by atoms with Gasteiger partial charge in [0.05, 0.1) is 18.2 Å². The molecule has 0 aliphatic carbocycles. The maximum absolute atomic E-state index is 13.0. The highest BCUT2D eigenvalue weighted by Crippen LogP contribution is 2.43. The number of nitrogens with zero attached hydrogens (tertiary/aromatic N) is 2. The molecular weight excluding hydrogens is 436 g/mol. The molecule has 2 aromatic carbocycles. The molecule has 158 valence electrons. The monoisotopic (exact) mass is 454 g/mol. The fourth-order valence-electron chi connectivity index (χ4n) is 3.44. The molecule has 31 heavy (non-hydrogen) atoms. The number of rotatable bonds is 6. The Labute approximate surface area is 188 Å². The van der Waals surface area contributed by atoms with Crippen molar-refractivity contribution in [1.29, 1.82) is 0 Å². The number of halogens is 1. The van der Waals surface area contributed by atoms with E-state index in [1.165, 1.54) is 16.2 Å². The second-order valence-electron chi connectivity index (χ2n) is 6.91. The summed E-state index contributed by atoms with van der Waals surface area (Å²) >= 11 is 7.20. The van der Waals surface area contributed by atoms with E-state index in [-0.39, 0.29) is 11.3 Å². The lowest BCUT2D eigenvalue weighted by atomic mass is 9.95. The molecule has 3 aromatic rings. The molecule has 0 saturated carbocycles. The maximum atomic E-state index is 13.0. The van der Waals surface area contributed by atoms with Crippen molar-refractivity contribution in [2.75, 3.05) is 11.5 Å². The van der Waals surface area contributed by atoms with Crippen LogP contribution in [-0.4, -0.2) is 28.4 Å². The number of benzene rings is 2. The number of aliphatic hydroxyl groups is 1. The largest absolute Gasteiger partial charge is 0.507 e. The van der Waals surface area contributed by atoms with Gasteiger partial charge >= 0.3 is 5.91 Å². The average molecular weight is 455 g/mol. The number of ketones is 1. The number of ether oxygens (including phenoxy) is 1. The molecule has 1 unspecified atom stereocenters. The van der Waals surface area contributed by atoms with Crippen LogP contribution < -0.4 is 9.64 Å². The van der Waals surface area contributed by atoms with Gasteiger partial charge in [-0.25, -0.2) is 4.98 Å². The molecule has 6 nitrogen and oxygen atoms in total. The van der Waals surface area contributed by atoms with Crippen LogP contribution in [0.3, 0.4) is 0 Å². The van der Waals surface area contributed by atoms with Crippen LogP contribution in [0, 0.1) is 0 Å². The number of aromatic nitrogens is 1. The van der Waals surface area contributed by atoms with E-state index in [2.05, 4.69) is 4.98 Å². The number of carbonyl (C=O) groups is 2. The zero-order chi connectivity index (χ0) is 22.0. The number of aliphatic hydroxyl groups excluding tert-OH is 1. The van der Waals surface area contributed by atoms with Gasteiger partial charge in [0.1, 0.15) is 11.5 Å². The molecule has 1 aliphatic rings. The Bertz CT molecular complexity index is 1140. The molecule has 4 rings (SSSR count). The van der Waals surface area contributed by atoms with Gasteiger partial charge in [0.25, 0.3) is 5.78 Å². The predicted molar refractivity (Wildman–Crippen MR) is 121 cm³/mol. The van der Waals surface area contributed by atoms with Crippen LogP contribution >= 0.6 is 22.9 Å². The van der Waals surface area contributed by atoms with Crippen molar-refractivity contribution < 1.29 is 19.4 Å². The summed E-state index contributed by atoms with van der Waals surface area (Å²) in [7, 11) is 0. The normalized spacial score (nSPS) is 17.9. The fraction of sp³-hybridized carbons (Fsp3) is 0.174. The molecule has 1 amide bonds. The topological polar surface area (TPSA) is 79.7 Å². The second kappa shape index (κ2) is 8.91. The highest BCUT2D eigenvalue weighted by molar-refractivity contribution is 7.14. The predicted octanol–water partition coefficient (Wildman–Crippen LogP) is 5.21.